The third kappa shape index (κ3) is 1.60. The SMILES string of the molecule is CN1C(=O)CCOc2c(F)cc(N)cc21. The number of rotatable bonds is 0. The van der Waals surface area contributed by atoms with E-state index in [1.165, 1.54) is 17.0 Å². The average Bonchev–Trinajstić information content (AvgIpc) is 2.30. The smallest absolute Gasteiger partial charge is 0.230 e. The van der Waals surface area contributed by atoms with Gasteiger partial charge in [-0.05, 0) is 6.07 Å². The number of hydrogen-bond donors (Lipinski definition) is 1. The van der Waals surface area contributed by atoms with E-state index in [0.717, 1.165) is 0 Å². The number of nitrogens with zero attached hydrogens (tertiary/aromatic N) is 1. The molecule has 0 saturated carbocycles. The fourth-order valence-electron chi connectivity index (χ4n) is 1.53. The third-order valence-electron chi connectivity index (χ3n) is 2.34. The number of carbonyl (C=O) groups excluding carboxylic acids is 1. The van der Waals surface area contributed by atoms with Crippen molar-refractivity contribution in [3.8, 4) is 5.75 Å². The molecule has 5 heteroatoms. The van der Waals surface area contributed by atoms with Crippen molar-refractivity contribution in [3.63, 3.8) is 0 Å². The molecule has 0 radical (unpaired) electrons. The summed E-state index contributed by atoms with van der Waals surface area (Å²) in [6.45, 7) is 0.191. The molecule has 0 bridgehead atoms. The summed E-state index contributed by atoms with van der Waals surface area (Å²) in [6, 6.07) is 2.71. The molecule has 1 aromatic carbocycles. The monoisotopic (exact) mass is 210 g/mol. The van der Waals surface area contributed by atoms with E-state index in [0.29, 0.717) is 5.69 Å². The Bertz CT molecular complexity index is 420. The quantitative estimate of drug-likeness (QED) is 0.653. The van der Waals surface area contributed by atoms with Crippen molar-refractivity contribution in [1.29, 1.82) is 0 Å². The maximum Gasteiger partial charge on any atom is 0.230 e. The van der Waals surface area contributed by atoms with Crippen molar-refractivity contribution < 1.29 is 13.9 Å². The minimum atomic E-state index is -0.536. The molecule has 0 fully saturated rings. The Morgan fingerprint density at radius 2 is 2.27 bits per heavy atom. The summed E-state index contributed by atoms with van der Waals surface area (Å²) in [5.41, 5.74) is 6.17. The van der Waals surface area contributed by atoms with Gasteiger partial charge in [-0.3, -0.25) is 4.79 Å². The van der Waals surface area contributed by atoms with Gasteiger partial charge in [-0.15, -0.1) is 0 Å². The molecule has 15 heavy (non-hydrogen) atoms. The predicted octanol–water partition coefficient (Wildman–Crippen LogP) is 1.15. The van der Waals surface area contributed by atoms with Crippen LogP contribution in [0.5, 0.6) is 5.75 Å². The highest BCUT2D eigenvalue weighted by atomic mass is 19.1. The summed E-state index contributed by atoms with van der Waals surface area (Å²) in [4.78, 5) is 12.8. The maximum atomic E-state index is 13.5. The van der Waals surface area contributed by atoms with Gasteiger partial charge in [0.25, 0.3) is 0 Å². The number of carbonyl (C=O) groups is 1. The van der Waals surface area contributed by atoms with Crippen molar-refractivity contribution in [2.24, 2.45) is 0 Å². The normalized spacial score (nSPS) is 15.6. The van der Waals surface area contributed by atoms with Crippen molar-refractivity contribution >= 4 is 17.3 Å². The van der Waals surface area contributed by atoms with E-state index in [1.54, 1.807) is 7.05 Å². The number of nitrogens with two attached hydrogens (primary N) is 1. The first kappa shape index (κ1) is 9.76. The zero-order chi connectivity index (χ0) is 11.0. The molecule has 80 valence electrons. The highest BCUT2D eigenvalue weighted by Crippen LogP contribution is 2.35. The summed E-state index contributed by atoms with van der Waals surface area (Å²) in [5, 5.41) is 0. The number of nitrogen functional groups attached to an aromatic ring is 1. The zero-order valence-corrected chi connectivity index (χ0v) is 8.29. The lowest BCUT2D eigenvalue weighted by molar-refractivity contribution is -0.118. The molecule has 1 amide bonds. The maximum absolute atomic E-state index is 13.5. The molecule has 4 nitrogen and oxygen atoms in total. The highest BCUT2D eigenvalue weighted by Gasteiger charge is 2.23. The van der Waals surface area contributed by atoms with Gasteiger partial charge >= 0.3 is 0 Å². The summed E-state index contributed by atoms with van der Waals surface area (Å²) in [5.74, 6) is -0.553. The Morgan fingerprint density at radius 3 is 3.00 bits per heavy atom. The minimum Gasteiger partial charge on any atom is -0.488 e. The lowest BCUT2D eigenvalue weighted by Crippen LogP contribution is -2.25. The molecule has 1 heterocycles. The van der Waals surface area contributed by atoms with Crippen LogP contribution >= 0.6 is 0 Å². The van der Waals surface area contributed by atoms with Crippen LogP contribution in [0.4, 0.5) is 15.8 Å². The van der Waals surface area contributed by atoms with Gasteiger partial charge in [-0.2, -0.15) is 0 Å². The Balaban J connectivity index is 2.58. The van der Waals surface area contributed by atoms with Crippen LogP contribution in [0.25, 0.3) is 0 Å². The summed E-state index contributed by atoms with van der Waals surface area (Å²) in [7, 11) is 1.58. The molecule has 0 atom stereocenters. The molecule has 0 unspecified atom stereocenters. The van der Waals surface area contributed by atoms with E-state index >= 15 is 0 Å². The van der Waals surface area contributed by atoms with Crippen LogP contribution < -0.4 is 15.4 Å². The number of fused-ring (bicyclic) bond motifs is 1. The number of ether oxygens (including phenoxy) is 1. The molecule has 2 N–H and O–H groups in total. The van der Waals surface area contributed by atoms with E-state index in [9.17, 15) is 9.18 Å². The molecule has 1 aliphatic rings. The molecule has 1 aliphatic heterocycles. The first-order valence-electron chi connectivity index (χ1n) is 4.58. The average molecular weight is 210 g/mol. The Hall–Kier alpha value is -1.78. The van der Waals surface area contributed by atoms with E-state index in [2.05, 4.69) is 0 Å². The van der Waals surface area contributed by atoms with Crippen LogP contribution in [0.1, 0.15) is 6.42 Å². The minimum absolute atomic E-state index is 0.0950. The number of hydrogen-bond acceptors (Lipinski definition) is 3. The lowest BCUT2D eigenvalue weighted by Gasteiger charge is -2.16. The molecule has 0 aromatic heterocycles. The third-order valence-corrected chi connectivity index (χ3v) is 2.34. The summed E-state index contributed by atoms with van der Waals surface area (Å²) in [6.07, 6.45) is 0.241. The molecule has 1 aromatic rings. The number of benzene rings is 1. The largest absolute Gasteiger partial charge is 0.488 e. The van der Waals surface area contributed by atoms with Gasteiger partial charge in [0, 0.05) is 18.8 Å². The number of halogens is 1. The highest BCUT2D eigenvalue weighted by molar-refractivity contribution is 5.95. The van der Waals surface area contributed by atoms with Gasteiger partial charge in [-0.1, -0.05) is 0 Å². The lowest BCUT2D eigenvalue weighted by atomic mass is 10.2. The van der Waals surface area contributed by atoms with Crippen molar-refractivity contribution in [3.05, 3.63) is 17.9 Å². The van der Waals surface area contributed by atoms with Crippen LogP contribution in [0, 0.1) is 5.82 Å². The number of amides is 1. The van der Waals surface area contributed by atoms with Gasteiger partial charge in [0.05, 0.1) is 18.7 Å². The van der Waals surface area contributed by atoms with Gasteiger partial charge in [0.1, 0.15) is 0 Å². The molecular weight excluding hydrogens is 199 g/mol. The molecular formula is C10H11FN2O2. The van der Waals surface area contributed by atoms with Gasteiger partial charge < -0.3 is 15.4 Å². The van der Waals surface area contributed by atoms with E-state index in [1.807, 2.05) is 0 Å². The van der Waals surface area contributed by atoms with Crippen molar-refractivity contribution in [1.82, 2.24) is 0 Å². The number of anilines is 2. The van der Waals surface area contributed by atoms with Crippen LogP contribution in [0.3, 0.4) is 0 Å². The standard InChI is InChI=1S/C10H11FN2O2/c1-13-8-5-6(12)4-7(11)10(8)15-3-2-9(13)14/h4-5H,2-3,12H2,1H3. The zero-order valence-electron chi connectivity index (χ0n) is 8.29. The van der Waals surface area contributed by atoms with Crippen LogP contribution in [0.2, 0.25) is 0 Å². The van der Waals surface area contributed by atoms with Gasteiger partial charge in [0.2, 0.25) is 5.91 Å². The van der Waals surface area contributed by atoms with E-state index in [-0.39, 0.29) is 30.4 Å². The molecule has 0 spiro atoms. The first-order valence-corrected chi connectivity index (χ1v) is 4.58. The van der Waals surface area contributed by atoms with Crippen LogP contribution in [-0.4, -0.2) is 19.6 Å². The van der Waals surface area contributed by atoms with Crippen molar-refractivity contribution in [2.45, 2.75) is 6.42 Å². The Labute approximate surface area is 86.4 Å². The fraction of sp³-hybridized carbons (Fsp3) is 0.300. The summed E-state index contributed by atoms with van der Waals surface area (Å²) >= 11 is 0. The van der Waals surface area contributed by atoms with E-state index < -0.39 is 5.82 Å². The van der Waals surface area contributed by atoms with Crippen LogP contribution in [0.15, 0.2) is 12.1 Å². The Morgan fingerprint density at radius 1 is 1.53 bits per heavy atom. The van der Waals surface area contributed by atoms with Gasteiger partial charge in [0.15, 0.2) is 11.6 Å². The molecule has 0 saturated heterocycles. The molecule has 2 rings (SSSR count). The van der Waals surface area contributed by atoms with Crippen LogP contribution in [-0.2, 0) is 4.79 Å². The fourth-order valence-corrected chi connectivity index (χ4v) is 1.53. The summed E-state index contributed by atoms with van der Waals surface area (Å²) < 4.78 is 18.7. The first-order chi connectivity index (χ1) is 7.09. The second kappa shape index (κ2) is 3.42. The molecule has 0 aliphatic carbocycles. The van der Waals surface area contributed by atoms with Crippen molar-refractivity contribution in [2.75, 3.05) is 24.3 Å². The van der Waals surface area contributed by atoms with Gasteiger partial charge in [-0.25, -0.2) is 4.39 Å². The second-order valence-electron chi connectivity index (χ2n) is 3.40. The predicted molar refractivity (Wildman–Crippen MR) is 54.3 cm³/mol. The van der Waals surface area contributed by atoms with E-state index in [4.69, 9.17) is 10.5 Å². The topological polar surface area (TPSA) is 55.6 Å². The second-order valence-corrected chi connectivity index (χ2v) is 3.40. The Kier molecular flexibility index (Phi) is 2.22.